The largest absolute Gasteiger partial charge is 0.508 e. The van der Waals surface area contributed by atoms with Crippen molar-refractivity contribution in [2.24, 2.45) is 0 Å². The molecule has 3 rings (SSSR count). The van der Waals surface area contributed by atoms with E-state index in [9.17, 15) is 9.90 Å². The lowest BCUT2D eigenvalue weighted by Gasteiger charge is -2.38. The lowest BCUT2D eigenvalue weighted by atomic mass is 10.1. The maximum Gasteiger partial charge on any atom is 0.253 e. The highest BCUT2D eigenvalue weighted by Gasteiger charge is 2.28. The Morgan fingerprint density at radius 1 is 1.00 bits per heavy atom. The van der Waals surface area contributed by atoms with Gasteiger partial charge in [-0.15, -0.1) is 0 Å². The molecule has 1 aromatic rings. The highest BCUT2D eigenvalue weighted by Crippen LogP contribution is 2.24. The Morgan fingerprint density at radius 3 is 2.20 bits per heavy atom. The lowest BCUT2D eigenvalue weighted by molar-refractivity contribution is 0.0573. The number of phenolic OH excluding ortho intramolecular Hbond substituents is 1. The first-order valence-electron chi connectivity index (χ1n) is 7.56. The van der Waals surface area contributed by atoms with Crippen LogP contribution in [-0.2, 0) is 0 Å². The molecule has 108 valence electrons. The number of nitrogens with zero attached hydrogens (tertiary/aromatic N) is 2. The molecule has 1 N–H and O–H groups in total. The zero-order chi connectivity index (χ0) is 13.9. The van der Waals surface area contributed by atoms with Crippen LogP contribution in [0.5, 0.6) is 5.75 Å². The number of hydrogen-bond donors (Lipinski definition) is 1. The molecule has 1 aliphatic carbocycles. The lowest BCUT2D eigenvalue weighted by Crippen LogP contribution is -2.51. The van der Waals surface area contributed by atoms with Crippen molar-refractivity contribution in [3.05, 3.63) is 29.8 Å². The molecule has 0 spiro atoms. The summed E-state index contributed by atoms with van der Waals surface area (Å²) in [5, 5.41) is 9.27. The van der Waals surface area contributed by atoms with E-state index in [0.717, 1.165) is 32.2 Å². The quantitative estimate of drug-likeness (QED) is 0.898. The molecular formula is C16H22N2O2. The van der Waals surface area contributed by atoms with Crippen molar-refractivity contribution in [1.82, 2.24) is 9.80 Å². The van der Waals surface area contributed by atoms with E-state index >= 15 is 0 Å². The summed E-state index contributed by atoms with van der Waals surface area (Å²) >= 11 is 0. The number of aromatic hydroxyl groups is 1. The topological polar surface area (TPSA) is 43.8 Å². The molecule has 1 saturated heterocycles. The Morgan fingerprint density at radius 2 is 1.60 bits per heavy atom. The van der Waals surface area contributed by atoms with Crippen molar-refractivity contribution in [3.63, 3.8) is 0 Å². The maximum atomic E-state index is 12.4. The number of phenols is 1. The fourth-order valence-corrected chi connectivity index (χ4v) is 3.35. The summed E-state index contributed by atoms with van der Waals surface area (Å²) in [7, 11) is 0. The summed E-state index contributed by atoms with van der Waals surface area (Å²) in [5.41, 5.74) is 0.664. The molecule has 2 aliphatic rings. The van der Waals surface area contributed by atoms with E-state index < -0.39 is 0 Å². The van der Waals surface area contributed by atoms with Crippen LogP contribution in [0, 0.1) is 0 Å². The summed E-state index contributed by atoms with van der Waals surface area (Å²) in [6.45, 7) is 3.62. The van der Waals surface area contributed by atoms with Gasteiger partial charge in [-0.25, -0.2) is 0 Å². The summed E-state index contributed by atoms with van der Waals surface area (Å²) in [4.78, 5) is 16.8. The Labute approximate surface area is 120 Å². The summed E-state index contributed by atoms with van der Waals surface area (Å²) < 4.78 is 0. The second-order valence-electron chi connectivity index (χ2n) is 5.81. The molecule has 1 saturated carbocycles. The van der Waals surface area contributed by atoms with Crippen LogP contribution in [0.2, 0.25) is 0 Å². The third kappa shape index (κ3) is 2.80. The van der Waals surface area contributed by atoms with Gasteiger partial charge in [0.2, 0.25) is 0 Å². The van der Waals surface area contributed by atoms with Crippen molar-refractivity contribution >= 4 is 5.91 Å². The van der Waals surface area contributed by atoms with Gasteiger partial charge in [-0.3, -0.25) is 9.69 Å². The van der Waals surface area contributed by atoms with Gasteiger partial charge in [0, 0.05) is 37.8 Å². The number of benzene rings is 1. The van der Waals surface area contributed by atoms with Crippen LogP contribution in [0.4, 0.5) is 0 Å². The van der Waals surface area contributed by atoms with Crippen LogP contribution in [0.15, 0.2) is 24.3 Å². The zero-order valence-electron chi connectivity index (χ0n) is 11.8. The zero-order valence-corrected chi connectivity index (χ0v) is 11.8. The predicted molar refractivity (Wildman–Crippen MR) is 77.8 cm³/mol. The molecule has 0 unspecified atom stereocenters. The van der Waals surface area contributed by atoms with Crippen LogP contribution < -0.4 is 0 Å². The number of rotatable bonds is 2. The fraction of sp³-hybridized carbons (Fsp3) is 0.562. The summed E-state index contributed by atoms with van der Waals surface area (Å²) in [6.07, 6.45) is 5.37. The van der Waals surface area contributed by atoms with Gasteiger partial charge >= 0.3 is 0 Å². The van der Waals surface area contributed by atoms with Gasteiger partial charge in [-0.2, -0.15) is 0 Å². The number of carbonyl (C=O) groups excluding carboxylic acids is 1. The third-order valence-electron chi connectivity index (χ3n) is 4.56. The molecule has 20 heavy (non-hydrogen) atoms. The summed E-state index contributed by atoms with van der Waals surface area (Å²) in [5.74, 6) is 0.281. The average Bonchev–Trinajstić information content (AvgIpc) is 3.02. The number of carbonyl (C=O) groups is 1. The van der Waals surface area contributed by atoms with E-state index in [-0.39, 0.29) is 11.7 Å². The molecule has 2 fully saturated rings. The molecule has 0 atom stereocenters. The van der Waals surface area contributed by atoms with Gasteiger partial charge in [-0.05, 0) is 37.1 Å². The van der Waals surface area contributed by atoms with Crippen molar-refractivity contribution < 1.29 is 9.90 Å². The minimum Gasteiger partial charge on any atom is -0.508 e. The Balaban J connectivity index is 1.57. The molecule has 1 amide bonds. The highest BCUT2D eigenvalue weighted by atomic mass is 16.3. The molecule has 1 aliphatic heterocycles. The SMILES string of the molecule is O=C(c1ccc(O)cc1)N1CCN(C2CCCC2)CC1. The number of amides is 1. The third-order valence-corrected chi connectivity index (χ3v) is 4.56. The predicted octanol–water partition coefficient (Wildman–Crippen LogP) is 2.09. The van der Waals surface area contributed by atoms with Gasteiger partial charge in [0.15, 0.2) is 0 Å². The first kappa shape index (κ1) is 13.4. The van der Waals surface area contributed by atoms with Crippen LogP contribution >= 0.6 is 0 Å². The Kier molecular flexibility index (Phi) is 3.92. The molecule has 1 aromatic carbocycles. The number of hydrogen-bond acceptors (Lipinski definition) is 3. The minimum absolute atomic E-state index is 0.0797. The van der Waals surface area contributed by atoms with Gasteiger partial charge in [-0.1, -0.05) is 12.8 Å². The number of piperazine rings is 1. The van der Waals surface area contributed by atoms with Gasteiger partial charge < -0.3 is 10.0 Å². The van der Waals surface area contributed by atoms with Crippen molar-refractivity contribution in [3.8, 4) is 5.75 Å². The maximum absolute atomic E-state index is 12.4. The van der Waals surface area contributed by atoms with Crippen LogP contribution in [-0.4, -0.2) is 53.0 Å². The summed E-state index contributed by atoms with van der Waals surface area (Å²) in [6, 6.07) is 7.28. The van der Waals surface area contributed by atoms with Gasteiger partial charge in [0.05, 0.1) is 0 Å². The van der Waals surface area contributed by atoms with Crippen molar-refractivity contribution in [1.29, 1.82) is 0 Å². The molecule has 0 bridgehead atoms. The first-order chi connectivity index (χ1) is 9.74. The average molecular weight is 274 g/mol. The van der Waals surface area contributed by atoms with E-state index in [0.29, 0.717) is 5.56 Å². The monoisotopic (exact) mass is 274 g/mol. The van der Waals surface area contributed by atoms with Gasteiger partial charge in [0.1, 0.15) is 5.75 Å². The van der Waals surface area contributed by atoms with E-state index in [2.05, 4.69) is 4.90 Å². The van der Waals surface area contributed by atoms with E-state index in [1.807, 2.05) is 4.90 Å². The standard InChI is InChI=1S/C16H22N2O2/c19-15-7-5-13(6-8-15)16(20)18-11-9-17(10-12-18)14-3-1-2-4-14/h5-8,14,19H,1-4,9-12H2. The molecule has 0 aromatic heterocycles. The Bertz CT molecular complexity index is 458. The molecule has 1 heterocycles. The van der Waals surface area contributed by atoms with E-state index in [4.69, 9.17) is 0 Å². The van der Waals surface area contributed by atoms with Crippen molar-refractivity contribution in [2.75, 3.05) is 26.2 Å². The van der Waals surface area contributed by atoms with E-state index in [1.165, 1.54) is 25.7 Å². The fourth-order valence-electron chi connectivity index (χ4n) is 3.35. The second kappa shape index (κ2) is 5.83. The van der Waals surface area contributed by atoms with Crippen LogP contribution in [0.1, 0.15) is 36.0 Å². The Hall–Kier alpha value is -1.55. The van der Waals surface area contributed by atoms with Crippen LogP contribution in [0.25, 0.3) is 0 Å². The highest BCUT2D eigenvalue weighted by molar-refractivity contribution is 5.94. The minimum atomic E-state index is 0.0797. The smallest absolute Gasteiger partial charge is 0.253 e. The van der Waals surface area contributed by atoms with Crippen molar-refractivity contribution in [2.45, 2.75) is 31.7 Å². The molecular weight excluding hydrogens is 252 g/mol. The first-order valence-corrected chi connectivity index (χ1v) is 7.56. The van der Waals surface area contributed by atoms with Crippen LogP contribution in [0.3, 0.4) is 0 Å². The van der Waals surface area contributed by atoms with E-state index in [1.54, 1.807) is 24.3 Å². The van der Waals surface area contributed by atoms with Gasteiger partial charge in [0.25, 0.3) is 5.91 Å². The second-order valence-corrected chi connectivity index (χ2v) is 5.81. The molecule has 0 radical (unpaired) electrons. The molecule has 4 nitrogen and oxygen atoms in total. The normalized spacial score (nSPS) is 21.3. The molecule has 4 heteroatoms.